The van der Waals surface area contributed by atoms with Crippen LogP contribution in [-0.4, -0.2) is 45.4 Å². The van der Waals surface area contributed by atoms with E-state index in [1.165, 1.54) is 30.3 Å². The summed E-state index contributed by atoms with van der Waals surface area (Å²) in [4.78, 5) is 34.1. The Balaban J connectivity index is 1.14. The molecule has 39 heavy (non-hydrogen) atoms. The molecule has 2 aromatic carbocycles. The lowest BCUT2D eigenvalue weighted by atomic mass is 10.1. The molecule has 5 rings (SSSR count). The number of rotatable bonds is 7. The van der Waals surface area contributed by atoms with Gasteiger partial charge in [0.1, 0.15) is 5.82 Å². The van der Waals surface area contributed by atoms with Crippen molar-refractivity contribution in [1.29, 1.82) is 0 Å². The van der Waals surface area contributed by atoms with Gasteiger partial charge in [-0.05, 0) is 75.2 Å². The molecule has 2 aromatic heterocycles. The van der Waals surface area contributed by atoms with Gasteiger partial charge in [-0.15, -0.1) is 0 Å². The summed E-state index contributed by atoms with van der Waals surface area (Å²) < 4.78 is 14.2. The number of likely N-dealkylation sites (tertiary alicyclic amines) is 1. The molecule has 0 saturated carbocycles. The number of unbranched alkanes of at least 4 members (excludes halogenated alkanes) is 1. The molecular weight excluding hydrogens is 495 g/mol. The van der Waals surface area contributed by atoms with E-state index in [4.69, 9.17) is 5.11 Å². The van der Waals surface area contributed by atoms with Crippen molar-refractivity contribution in [3.63, 3.8) is 0 Å². The fourth-order valence-electron chi connectivity index (χ4n) is 4.94. The average Bonchev–Trinajstić information content (AvgIpc) is 3.54. The second kappa shape index (κ2) is 11.5. The number of fused-ring (bicyclic) bond motifs is 1. The molecule has 0 aliphatic carbocycles. The number of nitrogens with one attached hydrogen (secondary N) is 2. The van der Waals surface area contributed by atoms with E-state index >= 15 is 0 Å². The standard InChI is InChI=1S/C31H29FN4O3/c1-36-16-6-11-27(36)26-17-23-19-33-28(18-25(23)34-26)35-30(37)22-14-12-20(13-15-22)7-3-2-4-8-21-9-5-10-24(29(21)32)31(38)39/h5,9-10,12-15,17-19,27,34H,2-3,6-7,11,16H2,1H3,(H,38,39)(H,33,35,37)/t27-/m1/s1. The zero-order valence-electron chi connectivity index (χ0n) is 21.6. The van der Waals surface area contributed by atoms with Crippen molar-refractivity contribution in [1.82, 2.24) is 14.9 Å². The quantitative estimate of drug-likeness (QED) is 0.210. The molecule has 0 radical (unpaired) electrons. The Morgan fingerprint density at radius 2 is 2.03 bits per heavy atom. The minimum atomic E-state index is -1.31. The van der Waals surface area contributed by atoms with Crippen LogP contribution in [0.25, 0.3) is 10.9 Å². The molecule has 3 heterocycles. The number of hydrogen-bond donors (Lipinski definition) is 3. The van der Waals surface area contributed by atoms with Gasteiger partial charge < -0.3 is 15.4 Å². The summed E-state index contributed by atoms with van der Waals surface area (Å²) in [5, 5.41) is 12.9. The fraction of sp³-hybridized carbons (Fsp3) is 0.258. The van der Waals surface area contributed by atoms with Crippen molar-refractivity contribution in [2.45, 2.75) is 38.1 Å². The van der Waals surface area contributed by atoms with Crippen molar-refractivity contribution < 1.29 is 19.1 Å². The Kier molecular flexibility index (Phi) is 7.71. The van der Waals surface area contributed by atoms with E-state index in [1.807, 2.05) is 18.2 Å². The maximum absolute atomic E-state index is 14.2. The number of aromatic amines is 1. The lowest BCUT2D eigenvalue weighted by Crippen LogP contribution is -2.17. The number of benzene rings is 2. The summed E-state index contributed by atoms with van der Waals surface area (Å²) in [6, 6.07) is 15.9. The predicted octanol–water partition coefficient (Wildman–Crippen LogP) is 5.79. The van der Waals surface area contributed by atoms with Crippen LogP contribution in [0.1, 0.15) is 69.3 Å². The average molecular weight is 525 g/mol. The van der Waals surface area contributed by atoms with E-state index in [1.54, 1.807) is 18.3 Å². The van der Waals surface area contributed by atoms with Crippen LogP contribution in [0.15, 0.2) is 60.8 Å². The number of aromatic nitrogens is 2. The van der Waals surface area contributed by atoms with Crippen LogP contribution in [0.5, 0.6) is 0 Å². The van der Waals surface area contributed by atoms with Gasteiger partial charge in [-0.1, -0.05) is 30.0 Å². The molecule has 3 N–H and O–H groups in total. The molecule has 8 heteroatoms. The maximum atomic E-state index is 14.2. The highest BCUT2D eigenvalue weighted by atomic mass is 19.1. The molecule has 1 amide bonds. The van der Waals surface area contributed by atoms with Crippen LogP contribution >= 0.6 is 0 Å². The summed E-state index contributed by atoms with van der Waals surface area (Å²) in [7, 11) is 2.14. The third-order valence-corrected chi connectivity index (χ3v) is 7.08. The number of carbonyl (C=O) groups excluding carboxylic acids is 1. The van der Waals surface area contributed by atoms with Crippen LogP contribution in [0.3, 0.4) is 0 Å². The van der Waals surface area contributed by atoms with Crippen molar-refractivity contribution >= 4 is 28.6 Å². The number of amides is 1. The van der Waals surface area contributed by atoms with E-state index in [-0.39, 0.29) is 17.0 Å². The van der Waals surface area contributed by atoms with E-state index < -0.39 is 11.8 Å². The van der Waals surface area contributed by atoms with Gasteiger partial charge in [0, 0.05) is 41.4 Å². The first-order valence-corrected chi connectivity index (χ1v) is 13.0. The molecule has 7 nitrogen and oxygen atoms in total. The summed E-state index contributed by atoms with van der Waals surface area (Å²) in [6.07, 6.45) is 6.13. The lowest BCUT2D eigenvalue weighted by Gasteiger charge is -2.17. The van der Waals surface area contributed by atoms with E-state index in [0.717, 1.165) is 42.3 Å². The minimum absolute atomic E-state index is 0.0806. The highest BCUT2D eigenvalue weighted by Gasteiger charge is 2.24. The molecule has 1 aliphatic heterocycles. The predicted molar refractivity (Wildman–Crippen MR) is 148 cm³/mol. The number of anilines is 1. The summed E-state index contributed by atoms with van der Waals surface area (Å²) >= 11 is 0. The highest BCUT2D eigenvalue weighted by molar-refractivity contribution is 6.04. The topological polar surface area (TPSA) is 98.3 Å². The van der Waals surface area contributed by atoms with Crippen molar-refractivity contribution in [2.75, 3.05) is 18.9 Å². The largest absolute Gasteiger partial charge is 0.478 e. The number of halogens is 1. The van der Waals surface area contributed by atoms with Gasteiger partial charge >= 0.3 is 5.97 Å². The Bertz CT molecular complexity index is 1580. The number of aromatic carboxylic acids is 1. The number of hydrogen-bond acceptors (Lipinski definition) is 4. The minimum Gasteiger partial charge on any atom is -0.478 e. The van der Waals surface area contributed by atoms with Crippen LogP contribution in [0.4, 0.5) is 10.2 Å². The highest BCUT2D eigenvalue weighted by Crippen LogP contribution is 2.32. The molecule has 1 aliphatic rings. The number of carboxylic acid groups (broad SMARTS) is 1. The Labute approximate surface area is 226 Å². The third-order valence-electron chi connectivity index (χ3n) is 7.08. The number of nitrogens with zero attached hydrogens (tertiary/aromatic N) is 2. The smallest absolute Gasteiger partial charge is 0.338 e. The molecule has 1 atom stereocenters. The number of H-pyrrole nitrogens is 1. The number of carboxylic acids is 1. The van der Waals surface area contributed by atoms with Gasteiger partial charge in [-0.25, -0.2) is 14.2 Å². The first kappa shape index (κ1) is 26.1. The zero-order chi connectivity index (χ0) is 27.4. The molecule has 198 valence electrons. The monoisotopic (exact) mass is 524 g/mol. The summed E-state index contributed by atoms with van der Waals surface area (Å²) in [5.74, 6) is 3.77. The summed E-state index contributed by atoms with van der Waals surface area (Å²) in [5.41, 5.74) is 3.42. The third kappa shape index (κ3) is 6.00. The fourth-order valence-corrected chi connectivity index (χ4v) is 4.94. The first-order chi connectivity index (χ1) is 18.9. The molecule has 0 unspecified atom stereocenters. The van der Waals surface area contributed by atoms with Crippen LogP contribution in [0.2, 0.25) is 0 Å². The van der Waals surface area contributed by atoms with Crippen molar-refractivity contribution in [3.05, 3.63) is 94.6 Å². The van der Waals surface area contributed by atoms with Gasteiger partial charge in [-0.3, -0.25) is 9.69 Å². The molecular formula is C31H29FN4O3. The Morgan fingerprint density at radius 1 is 1.21 bits per heavy atom. The number of aryl methyl sites for hydroxylation is 1. The van der Waals surface area contributed by atoms with Crippen LogP contribution < -0.4 is 5.32 Å². The van der Waals surface area contributed by atoms with Gasteiger partial charge in [0.05, 0.1) is 16.6 Å². The van der Waals surface area contributed by atoms with E-state index in [0.29, 0.717) is 23.8 Å². The van der Waals surface area contributed by atoms with E-state index in [9.17, 15) is 14.0 Å². The SMILES string of the molecule is CN1CCC[C@@H]1c1cc2cnc(NC(=O)c3ccc(CCCC#Cc4cccc(C(=O)O)c4F)cc3)cc2[nH]1. The van der Waals surface area contributed by atoms with Crippen molar-refractivity contribution in [3.8, 4) is 11.8 Å². The van der Waals surface area contributed by atoms with Crippen LogP contribution in [0, 0.1) is 17.7 Å². The van der Waals surface area contributed by atoms with Gasteiger partial charge in [-0.2, -0.15) is 0 Å². The van der Waals surface area contributed by atoms with Gasteiger partial charge in [0.2, 0.25) is 0 Å². The molecule has 1 fully saturated rings. The first-order valence-electron chi connectivity index (χ1n) is 13.0. The lowest BCUT2D eigenvalue weighted by molar-refractivity contribution is 0.0691. The zero-order valence-corrected chi connectivity index (χ0v) is 21.6. The molecule has 1 saturated heterocycles. The second-order valence-corrected chi connectivity index (χ2v) is 9.80. The molecule has 4 aromatic rings. The normalized spacial score (nSPS) is 15.2. The second-order valence-electron chi connectivity index (χ2n) is 9.80. The Morgan fingerprint density at radius 3 is 2.77 bits per heavy atom. The van der Waals surface area contributed by atoms with Crippen LogP contribution in [-0.2, 0) is 6.42 Å². The number of pyridine rings is 1. The van der Waals surface area contributed by atoms with Crippen molar-refractivity contribution in [2.24, 2.45) is 0 Å². The Hall–Kier alpha value is -4.48. The van der Waals surface area contributed by atoms with E-state index in [2.05, 4.69) is 45.1 Å². The van der Waals surface area contributed by atoms with Gasteiger partial charge in [0.25, 0.3) is 5.91 Å². The van der Waals surface area contributed by atoms with Gasteiger partial charge in [0.15, 0.2) is 5.82 Å². The summed E-state index contributed by atoms with van der Waals surface area (Å²) in [6.45, 7) is 1.10. The molecule has 0 spiro atoms. The molecule has 0 bridgehead atoms. The maximum Gasteiger partial charge on any atom is 0.338 e. The number of carbonyl (C=O) groups is 2.